The second-order valence-electron chi connectivity index (χ2n) is 7.28. The second-order valence-corrected chi connectivity index (χ2v) is 9.42. The molecule has 3 aromatic rings. The third kappa shape index (κ3) is 4.28. The van der Waals surface area contributed by atoms with Crippen LogP contribution in [0, 0.1) is 0 Å². The molecule has 154 valence electrons. The van der Waals surface area contributed by atoms with Crippen LogP contribution in [0.3, 0.4) is 0 Å². The van der Waals surface area contributed by atoms with Crippen molar-refractivity contribution < 1.29 is 22.4 Å². The van der Waals surface area contributed by atoms with Crippen LogP contribution in [0.5, 0.6) is 0 Å². The van der Waals surface area contributed by atoms with Crippen molar-refractivity contribution in [2.24, 2.45) is 0 Å². The van der Waals surface area contributed by atoms with Gasteiger partial charge in [0, 0.05) is 29.7 Å². The molecule has 1 aliphatic heterocycles. The molecule has 1 N–H and O–H groups in total. The molecule has 4 rings (SSSR count). The highest BCUT2D eigenvalue weighted by atomic mass is 32.2. The molecule has 0 bridgehead atoms. The van der Waals surface area contributed by atoms with Crippen LogP contribution in [-0.2, 0) is 22.0 Å². The lowest BCUT2D eigenvalue weighted by Crippen LogP contribution is -2.28. The van der Waals surface area contributed by atoms with Crippen molar-refractivity contribution in [1.29, 1.82) is 0 Å². The van der Waals surface area contributed by atoms with Crippen LogP contribution in [0.4, 0.5) is 11.4 Å². The van der Waals surface area contributed by atoms with E-state index in [1.165, 1.54) is 18.8 Å². The first kappa shape index (κ1) is 19.9. The molecule has 0 radical (unpaired) electrons. The molecule has 7 nitrogen and oxygen atoms in total. The van der Waals surface area contributed by atoms with Gasteiger partial charge < -0.3 is 14.6 Å². The molecule has 1 aliphatic rings. The van der Waals surface area contributed by atoms with E-state index >= 15 is 0 Å². The van der Waals surface area contributed by atoms with Crippen molar-refractivity contribution in [2.45, 2.75) is 12.2 Å². The molecule has 0 saturated heterocycles. The Morgan fingerprint density at radius 2 is 1.83 bits per heavy atom. The Labute approximate surface area is 174 Å². The maximum Gasteiger partial charge on any atom is 0.261 e. The number of fused-ring (bicyclic) bond motifs is 1. The highest BCUT2D eigenvalue weighted by Crippen LogP contribution is 2.32. The zero-order valence-electron chi connectivity index (χ0n) is 16.3. The summed E-state index contributed by atoms with van der Waals surface area (Å²) >= 11 is 0. The monoisotopic (exact) mass is 424 g/mol. The number of amides is 2. The van der Waals surface area contributed by atoms with E-state index in [1.54, 1.807) is 41.3 Å². The van der Waals surface area contributed by atoms with Gasteiger partial charge in [0.15, 0.2) is 9.84 Å². The Morgan fingerprint density at radius 1 is 1.07 bits per heavy atom. The number of rotatable bonds is 5. The highest BCUT2D eigenvalue weighted by Gasteiger charge is 2.26. The summed E-state index contributed by atoms with van der Waals surface area (Å²) in [5, 5.41) is 2.85. The van der Waals surface area contributed by atoms with E-state index in [1.807, 2.05) is 12.1 Å². The van der Waals surface area contributed by atoms with Gasteiger partial charge >= 0.3 is 0 Å². The lowest BCUT2D eigenvalue weighted by atomic mass is 10.1. The Bertz CT molecular complexity index is 1200. The van der Waals surface area contributed by atoms with Crippen LogP contribution in [0.25, 0.3) is 0 Å². The minimum absolute atomic E-state index is 0.0617. The van der Waals surface area contributed by atoms with Gasteiger partial charge in [-0.1, -0.05) is 12.1 Å². The number of carbonyl (C=O) groups excluding carboxylic acids is 2. The average molecular weight is 424 g/mol. The van der Waals surface area contributed by atoms with E-state index in [9.17, 15) is 18.0 Å². The molecule has 30 heavy (non-hydrogen) atoms. The van der Waals surface area contributed by atoms with Crippen LogP contribution in [-0.4, -0.2) is 33.0 Å². The first-order chi connectivity index (χ1) is 14.3. The van der Waals surface area contributed by atoms with Gasteiger partial charge in [-0.2, -0.15) is 0 Å². The molecular formula is C22H20N2O5S. The van der Waals surface area contributed by atoms with E-state index in [0.29, 0.717) is 35.3 Å². The van der Waals surface area contributed by atoms with E-state index < -0.39 is 9.84 Å². The van der Waals surface area contributed by atoms with E-state index in [4.69, 9.17) is 4.42 Å². The Balaban J connectivity index is 1.46. The fraction of sp³-hybridized carbons (Fsp3) is 0.182. The second kappa shape index (κ2) is 7.79. The molecule has 8 heteroatoms. The van der Waals surface area contributed by atoms with Crippen molar-refractivity contribution in [3.05, 3.63) is 83.3 Å². The summed E-state index contributed by atoms with van der Waals surface area (Å²) in [6.07, 6.45) is 4.76. The van der Waals surface area contributed by atoms with E-state index in [2.05, 4.69) is 5.32 Å². The standard InChI is InChI=1S/C22H20N2O5S/c1-30(27,28)14-15-2-4-16(5-3-15)21(25)23-19-6-7-20-17(12-19)8-10-24(20)22(26)18-9-11-29-13-18/h2-7,9,11-13H,8,10,14H2,1H3,(H,23,25). The number of hydrogen-bond acceptors (Lipinski definition) is 5. The normalized spacial score (nSPS) is 13.2. The molecule has 0 aliphatic carbocycles. The predicted octanol–water partition coefficient (Wildman–Crippen LogP) is 3.28. The fourth-order valence-electron chi connectivity index (χ4n) is 3.49. The number of carbonyl (C=O) groups is 2. The number of benzene rings is 2. The highest BCUT2D eigenvalue weighted by molar-refractivity contribution is 7.89. The largest absolute Gasteiger partial charge is 0.472 e. The summed E-state index contributed by atoms with van der Waals surface area (Å²) in [4.78, 5) is 26.8. The number of hydrogen-bond donors (Lipinski definition) is 1. The van der Waals surface area contributed by atoms with Crippen LogP contribution in [0.15, 0.2) is 65.5 Å². The molecule has 0 unspecified atom stereocenters. The summed E-state index contributed by atoms with van der Waals surface area (Å²) in [6.45, 7) is 0.568. The minimum atomic E-state index is -3.12. The number of sulfone groups is 1. The zero-order chi connectivity index (χ0) is 21.3. The van der Waals surface area contributed by atoms with Gasteiger partial charge in [0.1, 0.15) is 6.26 Å². The fourth-order valence-corrected chi connectivity index (χ4v) is 4.29. The van der Waals surface area contributed by atoms with Gasteiger partial charge in [-0.15, -0.1) is 0 Å². The van der Waals surface area contributed by atoms with E-state index in [-0.39, 0.29) is 17.6 Å². The quantitative estimate of drug-likeness (QED) is 0.678. The molecule has 0 fully saturated rings. The molecule has 0 atom stereocenters. The summed E-state index contributed by atoms with van der Waals surface area (Å²) in [6, 6.07) is 13.6. The van der Waals surface area contributed by atoms with Crippen molar-refractivity contribution in [3.8, 4) is 0 Å². The van der Waals surface area contributed by atoms with Gasteiger partial charge in [0.2, 0.25) is 0 Å². The van der Waals surface area contributed by atoms with Gasteiger partial charge in [0.25, 0.3) is 11.8 Å². The summed E-state index contributed by atoms with van der Waals surface area (Å²) in [7, 11) is -3.12. The van der Waals surface area contributed by atoms with Crippen molar-refractivity contribution in [2.75, 3.05) is 23.0 Å². The molecule has 0 saturated carbocycles. The Morgan fingerprint density at radius 3 is 2.50 bits per heavy atom. The van der Waals surface area contributed by atoms with Crippen LogP contribution >= 0.6 is 0 Å². The summed E-state index contributed by atoms with van der Waals surface area (Å²) < 4.78 is 27.7. The number of nitrogens with one attached hydrogen (secondary N) is 1. The average Bonchev–Trinajstić information content (AvgIpc) is 3.36. The summed E-state index contributed by atoms with van der Waals surface area (Å²) in [5.41, 5.74) is 4.01. The Kier molecular flexibility index (Phi) is 5.17. The van der Waals surface area contributed by atoms with Crippen molar-refractivity contribution in [1.82, 2.24) is 0 Å². The van der Waals surface area contributed by atoms with Gasteiger partial charge in [-0.3, -0.25) is 9.59 Å². The number of nitrogens with zero attached hydrogens (tertiary/aromatic N) is 1. The first-order valence-electron chi connectivity index (χ1n) is 9.35. The van der Waals surface area contributed by atoms with Crippen LogP contribution in [0.1, 0.15) is 31.8 Å². The maximum absolute atomic E-state index is 12.6. The van der Waals surface area contributed by atoms with Gasteiger partial charge in [-0.05, 0) is 53.9 Å². The van der Waals surface area contributed by atoms with Crippen molar-refractivity contribution in [3.63, 3.8) is 0 Å². The molecule has 2 heterocycles. The van der Waals surface area contributed by atoms with Gasteiger partial charge in [-0.25, -0.2) is 8.42 Å². The van der Waals surface area contributed by atoms with Gasteiger partial charge in [0.05, 0.1) is 17.6 Å². The number of anilines is 2. The Hall–Kier alpha value is -3.39. The molecule has 1 aromatic heterocycles. The van der Waals surface area contributed by atoms with E-state index in [0.717, 1.165) is 11.3 Å². The SMILES string of the molecule is CS(=O)(=O)Cc1ccc(C(=O)Nc2ccc3c(c2)CCN3C(=O)c2ccoc2)cc1. The van der Waals surface area contributed by atoms with Crippen molar-refractivity contribution >= 4 is 33.0 Å². The lowest BCUT2D eigenvalue weighted by Gasteiger charge is -2.16. The zero-order valence-corrected chi connectivity index (χ0v) is 17.1. The molecular weight excluding hydrogens is 404 g/mol. The predicted molar refractivity (Wildman–Crippen MR) is 113 cm³/mol. The number of furan rings is 1. The lowest BCUT2D eigenvalue weighted by molar-refractivity contribution is 0.0987. The molecule has 2 amide bonds. The smallest absolute Gasteiger partial charge is 0.261 e. The molecule has 0 spiro atoms. The summed E-state index contributed by atoms with van der Waals surface area (Å²) in [5.74, 6) is -0.466. The topological polar surface area (TPSA) is 96.7 Å². The maximum atomic E-state index is 12.6. The first-order valence-corrected chi connectivity index (χ1v) is 11.4. The molecule has 2 aromatic carbocycles. The minimum Gasteiger partial charge on any atom is -0.472 e. The van der Waals surface area contributed by atoms with Crippen LogP contribution < -0.4 is 10.2 Å². The van der Waals surface area contributed by atoms with Crippen LogP contribution in [0.2, 0.25) is 0 Å². The third-order valence-electron chi connectivity index (χ3n) is 4.89. The third-order valence-corrected chi connectivity index (χ3v) is 5.75.